The third-order valence-electron chi connectivity index (χ3n) is 5.02. The number of benzene rings is 1. The number of piperidine rings is 1. The van der Waals surface area contributed by atoms with Crippen LogP contribution in [0.5, 0.6) is 0 Å². The quantitative estimate of drug-likeness (QED) is 0.895. The third kappa shape index (κ3) is 3.70. The number of thiophene rings is 1. The van der Waals surface area contributed by atoms with E-state index < -0.39 is 0 Å². The van der Waals surface area contributed by atoms with E-state index in [2.05, 4.69) is 52.7 Å². The van der Waals surface area contributed by atoms with Gasteiger partial charge in [-0.05, 0) is 43.4 Å². The van der Waals surface area contributed by atoms with Crippen LogP contribution < -0.4 is 5.32 Å². The standard InChI is InChI=1S/C20H24N2OS/c23-20(16-6-7-16)22-12-10-17(11-13-22)21-14-18-8-9-19(24-18)15-4-2-1-3-5-15/h1-5,8-9,16-17,21H,6-7,10-14H2. The molecule has 0 atom stereocenters. The summed E-state index contributed by atoms with van der Waals surface area (Å²) in [4.78, 5) is 16.9. The molecular weight excluding hydrogens is 316 g/mol. The lowest BCUT2D eigenvalue weighted by Gasteiger charge is -2.32. The number of likely N-dealkylation sites (tertiary alicyclic amines) is 1. The SMILES string of the molecule is O=C(C1CC1)N1CCC(NCc2ccc(-c3ccccc3)s2)CC1. The van der Waals surface area contributed by atoms with E-state index >= 15 is 0 Å². The molecule has 1 aromatic carbocycles. The predicted octanol–water partition coefficient (Wildman–Crippen LogP) is 3.91. The molecule has 1 aromatic heterocycles. The topological polar surface area (TPSA) is 32.3 Å². The number of carbonyl (C=O) groups excluding carboxylic acids is 1. The summed E-state index contributed by atoms with van der Waals surface area (Å²) in [5, 5.41) is 3.68. The minimum absolute atomic E-state index is 0.358. The minimum atomic E-state index is 0.358. The summed E-state index contributed by atoms with van der Waals surface area (Å²) in [6.07, 6.45) is 4.38. The Labute approximate surface area is 147 Å². The number of amides is 1. The Morgan fingerprint density at radius 3 is 2.50 bits per heavy atom. The maximum atomic E-state index is 12.1. The first-order chi connectivity index (χ1) is 11.8. The molecule has 0 bridgehead atoms. The Morgan fingerprint density at radius 1 is 1.04 bits per heavy atom. The molecule has 0 spiro atoms. The van der Waals surface area contributed by atoms with E-state index in [1.807, 2.05) is 11.3 Å². The van der Waals surface area contributed by atoms with Gasteiger partial charge >= 0.3 is 0 Å². The van der Waals surface area contributed by atoms with Crippen molar-refractivity contribution in [3.8, 4) is 10.4 Å². The van der Waals surface area contributed by atoms with E-state index in [0.29, 0.717) is 17.9 Å². The van der Waals surface area contributed by atoms with Crippen molar-refractivity contribution in [2.45, 2.75) is 38.3 Å². The fraction of sp³-hybridized carbons (Fsp3) is 0.450. The van der Waals surface area contributed by atoms with E-state index in [1.165, 1.54) is 15.3 Å². The maximum absolute atomic E-state index is 12.1. The monoisotopic (exact) mass is 340 g/mol. The molecule has 126 valence electrons. The van der Waals surface area contributed by atoms with E-state index in [-0.39, 0.29) is 0 Å². The minimum Gasteiger partial charge on any atom is -0.342 e. The Hall–Kier alpha value is -1.65. The first-order valence-electron chi connectivity index (χ1n) is 8.96. The van der Waals surface area contributed by atoms with Crippen molar-refractivity contribution in [1.82, 2.24) is 10.2 Å². The van der Waals surface area contributed by atoms with Crippen LogP contribution in [0.2, 0.25) is 0 Å². The van der Waals surface area contributed by atoms with Gasteiger partial charge in [-0.2, -0.15) is 0 Å². The molecule has 0 unspecified atom stereocenters. The molecule has 2 heterocycles. The van der Waals surface area contributed by atoms with Gasteiger partial charge in [0.2, 0.25) is 5.91 Å². The summed E-state index contributed by atoms with van der Waals surface area (Å²) in [5.74, 6) is 0.760. The number of nitrogens with zero attached hydrogens (tertiary/aromatic N) is 1. The zero-order valence-corrected chi connectivity index (χ0v) is 14.7. The number of carbonyl (C=O) groups is 1. The molecule has 3 nitrogen and oxygen atoms in total. The summed E-state index contributed by atoms with van der Waals surface area (Å²) in [6, 6.07) is 15.5. The molecule has 1 saturated carbocycles. The molecule has 2 fully saturated rings. The molecule has 1 aliphatic carbocycles. The van der Waals surface area contributed by atoms with Gasteiger partial charge in [0.15, 0.2) is 0 Å². The molecule has 1 aliphatic heterocycles. The van der Waals surface area contributed by atoms with E-state index in [4.69, 9.17) is 0 Å². The second-order valence-corrected chi connectivity index (χ2v) is 8.06. The Morgan fingerprint density at radius 2 is 1.79 bits per heavy atom. The second kappa shape index (κ2) is 7.08. The van der Waals surface area contributed by atoms with Crippen LogP contribution in [-0.2, 0) is 11.3 Å². The lowest BCUT2D eigenvalue weighted by atomic mass is 10.0. The number of nitrogens with one attached hydrogen (secondary N) is 1. The van der Waals surface area contributed by atoms with Gasteiger partial charge in [0.25, 0.3) is 0 Å². The van der Waals surface area contributed by atoms with Crippen LogP contribution in [0.1, 0.15) is 30.6 Å². The number of rotatable bonds is 5. The van der Waals surface area contributed by atoms with Crippen molar-refractivity contribution in [3.05, 3.63) is 47.3 Å². The van der Waals surface area contributed by atoms with Crippen molar-refractivity contribution in [3.63, 3.8) is 0 Å². The first kappa shape index (κ1) is 15.9. The first-order valence-corrected chi connectivity index (χ1v) is 9.77. The molecule has 4 heteroatoms. The molecule has 24 heavy (non-hydrogen) atoms. The fourth-order valence-corrected chi connectivity index (χ4v) is 4.33. The van der Waals surface area contributed by atoms with Crippen molar-refractivity contribution >= 4 is 17.2 Å². The molecule has 1 saturated heterocycles. The zero-order valence-electron chi connectivity index (χ0n) is 13.9. The average Bonchev–Trinajstić information content (AvgIpc) is 3.38. The Kier molecular flexibility index (Phi) is 4.67. The van der Waals surface area contributed by atoms with Crippen LogP contribution in [-0.4, -0.2) is 29.9 Å². The van der Waals surface area contributed by atoms with Gasteiger partial charge in [0.05, 0.1) is 0 Å². The summed E-state index contributed by atoms with van der Waals surface area (Å²) >= 11 is 1.87. The molecule has 1 N–H and O–H groups in total. The largest absolute Gasteiger partial charge is 0.342 e. The smallest absolute Gasteiger partial charge is 0.225 e. The molecule has 1 amide bonds. The summed E-state index contributed by atoms with van der Waals surface area (Å²) in [6.45, 7) is 2.78. The van der Waals surface area contributed by atoms with Gasteiger partial charge in [-0.15, -0.1) is 11.3 Å². The molecule has 2 aliphatic rings. The Bertz CT molecular complexity index is 685. The van der Waals surface area contributed by atoms with Crippen molar-refractivity contribution in [2.24, 2.45) is 5.92 Å². The Balaban J connectivity index is 1.26. The van der Waals surface area contributed by atoms with E-state index in [1.54, 1.807) is 0 Å². The van der Waals surface area contributed by atoms with Crippen LogP contribution in [0.4, 0.5) is 0 Å². The highest BCUT2D eigenvalue weighted by atomic mass is 32.1. The lowest BCUT2D eigenvalue weighted by Crippen LogP contribution is -2.45. The average molecular weight is 340 g/mol. The van der Waals surface area contributed by atoms with Gasteiger partial charge < -0.3 is 10.2 Å². The van der Waals surface area contributed by atoms with Gasteiger partial charge in [0.1, 0.15) is 0 Å². The third-order valence-corrected chi connectivity index (χ3v) is 6.15. The zero-order chi connectivity index (χ0) is 16.4. The predicted molar refractivity (Wildman–Crippen MR) is 98.9 cm³/mol. The van der Waals surface area contributed by atoms with E-state index in [9.17, 15) is 4.79 Å². The van der Waals surface area contributed by atoms with Crippen LogP contribution in [0.25, 0.3) is 10.4 Å². The second-order valence-electron chi connectivity index (χ2n) is 6.89. The van der Waals surface area contributed by atoms with Crippen LogP contribution in [0.3, 0.4) is 0 Å². The molecule has 2 aromatic rings. The summed E-state index contributed by atoms with van der Waals surface area (Å²) in [5.41, 5.74) is 1.29. The van der Waals surface area contributed by atoms with E-state index in [0.717, 1.165) is 45.3 Å². The van der Waals surface area contributed by atoms with Gasteiger partial charge in [-0.3, -0.25) is 4.79 Å². The molecular formula is C20H24N2OS. The van der Waals surface area contributed by atoms with Gasteiger partial charge in [-0.1, -0.05) is 30.3 Å². The lowest BCUT2D eigenvalue weighted by molar-refractivity contribution is -0.133. The molecule has 4 rings (SSSR count). The highest BCUT2D eigenvalue weighted by Crippen LogP contribution is 2.32. The highest BCUT2D eigenvalue weighted by molar-refractivity contribution is 7.15. The van der Waals surface area contributed by atoms with Crippen molar-refractivity contribution in [1.29, 1.82) is 0 Å². The van der Waals surface area contributed by atoms with Crippen LogP contribution >= 0.6 is 11.3 Å². The van der Waals surface area contributed by atoms with Crippen molar-refractivity contribution in [2.75, 3.05) is 13.1 Å². The van der Waals surface area contributed by atoms with Crippen LogP contribution in [0, 0.1) is 5.92 Å². The summed E-state index contributed by atoms with van der Waals surface area (Å²) < 4.78 is 0. The van der Waals surface area contributed by atoms with Crippen LogP contribution in [0.15, 0.2) is 42.5 Å². The molecule has 0 radical (unpaired) electrons. The number of hydrogen-bond donors (Lipinski definition) is 1. The normalized spacial score (nSPS) is 18.8. The van der Waals surface area contributed by atoms with Gasteiger partial charge in [0, 0.05) is 41.3 Å². The van der Waals surface area contributed by atoms with Crippen molar-refractivity contribution < 1.29 is 4.79 Å². The van der Waals surface area contributed by atoms with Gasteiger partial charge in [-0.25, -0.2) is 0 Å². The summed E-state index contributed by atoms with van der Waals surface area (Å²) in [7, 11) is 0. The highest BCUT2D eigenvalue weighted by Gasteiger charge is 2.34. The fourth-order valence-electron chi connectivity index (χ4n) is 3.37. The maximum Gasteiger partial charge on any atom is 0.225 e. The number of hydrogen-bond acceptors (Lipinski definition) is 3.